The van der Waals surface area contributed by atoms with Crippen LogP contribution in [-0.2, 0) is 9.47 Å². The quantitative estimate of drug-likeness (QED) is 0.700. The van der Waals surface area contributed by atoms with Gasteiger partial charge in [-0.2, -0.15) is 0 Å². The first kappa shape index (κ1) is 10.4. The molecule has 1 unspecified atom stereocenters. The first-order chi connectivity index (χ1) is 7.36. The number of benzene rings is 1. The van der Waals surface area contributed by atoms with Crippen LogP contribution in [0.1, 0.15) is 36.9 Å². The van der Waals surface area contributed by atoms with Crippen molar-refractivity contribution in [3.05, 3.63) is 48.0 Å². The van der Waals surface area contributed by atoms with E-state index in [4.69, 9.17) is 9.47 Å². The van der Waals surface area contributed by atoms with Gasteiger partial charge in [0.2, 0.25) is 0 Å². The lowest BCUT2D eigenvalue weighted by Gasteiger charge is -2.12. The Morgan fingerprint density at radius 1 is 1.40 bits per heavy atom. The molecule has 80 valence electrons. The summed E-state index contributed by atoms with van der Waals surface area (Å²) < 4.78 is 11.4. The molecule has 0 fully saturated rings. The van der Waals surface area contributed by atoms with Crippen LogP contribution in [0.15, 0.2) is 36.9 Å². The van der Waals surface area contributed by atoms with E-state index in [1.165, 1.54) is 5.56 Å². The van der Waals surface area contributed by atoms with Crippen molar-refractivity contribution in [3.63, 3.8) is 0 Å². The smallest absolute Gasteiger partial charge is 0.184 e. The van der Waals surface area contributed by atoms with E-state index in [-0.39, 0.29) is 12.4 Å². The van der Waals surface area contributed by atoms with Gasteiger partial charge >= 0.3 is 0 Å². The van der Waals surface area contributed by atoms with E-state index in [1.54, 1.807) is 0 Å². The Morgan fingerprint density at radius 2 is 2.13 bits per heavy atom. The second-order valence-corrected chi connectivity index (χ2v) is 3.57. The summed E-state index contributed by atoms with van der Waals surface area (Å²) in [7, 11) is 0. The van der Waals surface area contributed by atoms with Crippen LogP contribution < -0.4 is 0 Å². The summed E-state index contributed by atoms with van der Waals surface area (Å²) in [4.78, 5) is 0. The molecule has 1 aromatic carbocycles. The minimum atomic E-state index is -0.198. The highest BCUT2D eigenvalue weighted by Gasteiger charge is 2.30. The monoisotopic (exact) mass is 204 g/mol. The molecule has 2 heteroatoms. The molecule has 0 N–H and O–H groups in total. The first-order valence-electron chi connectivity index (χ1n) is 5.33. The number of fused-ring (bicyclic) bond motifs is 1. The summed E-state index contributed by atoms with van der Waals surface area (Å²) in [6, 6.07) is 8.22. The van der Waals surface area contributed by atoms with Gasteiger partial charge in [0.05, 0.1) is 6.10 Å². The molecule has 0 saturated heterocycles. The minimum absolute atomic E-state index is 0.107. The first-order valence-corrected chi connectivity index (χ1v) is 5.33. The Balaban J connectivity index is 2.26. The van der Waals surface area contributed by atoms with Crippen molar-refractivity contribution in [2.75, 3.05) is 6.61 Å². The van der Waals surface area contributed by atoms with E-state index in [0.717, 1.165) is 12.0 Å². The summed E-state index contributed by atoms with van der Waals surface area (Å²) in [5.74, 6) is 0. The van der Waals surface area contributed by atoms with Crippen LogP contribution in [0.3, 0.4) is 0 Å². The Hall–Kier alpha value is -1.12. The molecule has 0 saturated carbocycles. The molecule has 2 nitrogen and oxygen atoms in total. The maximum absolute atomic E-state index is 5.82. The zero-order valence-electron chi connectivity index (χ0n) is 8.98. The standard InChI is InChI=1S/C13H16O2/c1-3-7-12-10-8-5-6-9-11(10)13(15-12)14-4-2/h3,5-6,8-9,12-13H,1,4,7H2,2H3/t12-,13?/m1/s1. The third kappa shape index (κ3) is 1.96. The second-order valence-electron chi connectivity index (χ2n) is 3.57. The fourth-order valence-corrected chi connectivity index (χ4v) is 1.93. The van der Waals surface area contributed by atoms with Crippen LogP contribution in [0.2, 0.25) is 0 Å². The van der Waals surface area contributed by atoms with Gasteiger partial charge in [0, 0.05) is 12.2 Å². The third-order valence-electron chi connectivity index (χ3n) is 2.58. The molecule has 1 aliphatic heterocycles. The molecular formula is C13H16O2. The summed E-state index contributed by atoms with van der Waals surface area (Å²) in [5, 5.41) is 0. The molecule has 0 spiro atoms. The largest absolute Gasteiger partial charge is 0.349 e. The fourth-order valence-electron chi connectivity index (χ4n) is 1.93. The van der Waals surface area contributed by atoms with E-state index < -0.39 is 0 Å². The molecule has 2 atom stereocenters. The topological polar surface area (TPSA) is 18.5 Å². The van der Waals surface area contributed by atoms with E-state index >= 15 is 0 Å². The lowest BCUT2D eigenvalue weighted by atomic mass is 10.0. The van der Waals surface area contributed by atoms with Crippen molar-refractivity contribution in [1.29, 1.82) is 0 Å². The number of hydrogen-bond acceptors (Lipinski definition) is 2. The van der Waals surface area contributed by atoms with Gasteiger partial charge < -0.3 is 9.47 Å². The molecule has 0 aromatic heterocycles. The fraction of sp³-hybridized carbons (Fsp3) is 0.385. The van der Waals surface area contributed by atoms with Gasteiger partial charge in [0.25, 0.3) is 0 Å². The zero-order valence-corrected chi connectivity index (χ0v) is 8.98. The van der Waals surface area contributed by atoms with E-state index in [1.807, 2.05) is 25.1 Å². The highest BCUT2D eigenvalue weighted by Crippen LogP contribution is 2.41. The summed E-state index contributed by atoms with van der Waals surface area (Å²) in [6.45, 7) is 6.39. The maximum Gasteiger partial charge on any atom is 0.184 e. The van der Waals surface area contributed by atoms with Gasteiger partial charge in [-0.25, -0.2) is 0 Å². The molecule has 0 amide bonds. The van der Waals surface area contributed by atoms with Crippen molar-refractivity contribution < 1.29 is 9.47 Å². The predicted molar refractivity (Wildman–Crippen MR) is 59.4 cm³/mol. The van der Waals surface area contributed by atoms with E-state index in [2.05, 4.69) is 18.7 Å². The normalized spacial score (nSPS) is 23.8. The van der Waals surface area contributed by atoms with Crippen LogP contribution in [0.25, 0.3) is 0 Å². The van der Waals surface area contributed by atoms with Crippen LogP contribution in [-0.4, -0.2) is 6.61 Å². The molecule has 0 bridgehead atoms. The van der Waals surface area contributed by atoms with Crippen molar-refractivity contribution in [3.8, 4) is 0 Å². The molecule has 0 radical (unpaired) electrons. The predicted octanol–water partition coefficient (Wildman–Crippen LogP) is 3.37. The van der Waals surface area contributed by atoms with Gasteiger partial charge in [0.15, 0.2) is 6.29 Å². The average Bonchev–Trinajstić information content (AvgIpc) is 2.59. The molecule has 1 aromatic rings. The summed E-state index contributed by atoms with van der Waals surface area (Å²) >= 11 is 0. The van der Waals surface area contributed by atoms with Gasteiger partial charge in [-0.3, -0.25) is 0 Å². The number of ether oxygens (including phenoxy) is 2. The summed E-state index contributed by atoms with van der Waals surface area (Å²) in [5.41, 5.74) is 2.39. The number of hydrogen-bond donors (Lipinski definition) is 0. The Labute approximate surface area is 90.5 Å². The van der Waals surface area contributed by atoms with Gasteiger partial charge in [-0.1, -0.05) is 30.3 Å². The molecule has 15 heavy (non-hydrogen) atoms. The van der Waals surface area contributed by atoms with Crippen molar-refractivity contribution in [2.24, 2.45) is 0 Å². The molecule has 1 aliphatic rings. The van der Waals surface area contributed by atoms with Gasteiger partial charge in [0.1, 0.15) is 0 Å². The molecule has 0 aliphatic carbocycles. The zero-order chi connectivity index (χ0) is 10.7. The molecule has 1 heterocycles. The lowest BCUT2D eigenvalue weighted by Crippen LogP contribution is -2.02. The highest BCUT2D eigenvalue weighted by molar-refractivity contribution is 5.33. The van der Waals surface area contributed by atoms with Gasteiger partial charge in [-0.05, 0) is 18.9 Å². The highest BCUT2D eigenvalue weighted by atomic mass is 16.7. The average molecular weight is 204 g/mol. The SMILES string of the molecule is C=CC[C@H]1OC(OCC)c2ccccc21. The Morgan fingerprint density at radius 3 is 2.80 bits per heavy atom. The maximum atomic E-state index is 5.82. The van der Waals surface area contributed by atoms with Crippen LogP contribution in [0.4, 0.5) is 0 Å². The molecule has 2 rings (SSSR count). The third-order valence-corrected chi connectivity index (χ3v) is 2.58. The van der Waals surface area contributed by atoms with Crippen molar-refractivity contribution in [2.45, 2.75) is 25.7 Å². The van der Waals surface area contributed by atoms with Gasteiger partial charge in [-0.15, -0.1) is 6.58 Å². The Kier molecular flexibility index (Phi) is 3.19. The van der Waals surface area contributed by atoms with E-state index in [0.29, 0.717) is 6.61 Å². The second kappa shape index (κ2) is 4.60. The van der Waals surface area contributed by atoms with Crippen LogP contribution in [0, 0.1) is 0 Å². The van der Waals surface area contributed by atoms with Crippen LogP contribution in [0.5, 0.6) is 0 Å². The summed E-state index contributed by atoms with van der Waals surface area (Å²) in [6.07, 6.45) is 2.63. The minimum Gasteiger partial charge on any atom is -0.349 e. The van der Waals surface area contributed by atoms with Crippen LogP contribution >= 0.6 is 0 Å². The van der Waals surface area contributed by atoms with Crippen molar-refractivity contribution >= 4 is 0 Å². The number of rotatable bonds is 4. The Bertz CT molecular complexity index is 346. The molecular weight excluding hydrogens is 188 g/mol. The van der Waals surface area contributed by atoms with Crippen molar-refractivity contribution in [1.82, 2.24) is 0 Å². The van der Waals surface area contributed by atoms with E-state index in [9.17, 15) is 0 Å². The lowest BCUT2D eigenvalue weighted by molar-refractivity contribution is -0.155.